The van der Waals surface area contributed by atoms with Crippen molar-refractivity contribution in [3.8, 4) is 0 Å². The summed E-state index contributed by atoms with van der Waals surface area (Å²) in [6.07, 6.45) is 2.71. The van der Waals surface area contributed by atoms with Gasteiger partial charge in [-0.15, -0.1) is 0 Å². The molecule has 0 N–H and O–H groups in total. The van der Waals surface area contributed by atoms with Gasteiger partial charge in [-0.2, -0.15) is 12.6 Å². The number of rotatable bonds is 4. The van der Waals surface area contributed by atoms with Crippen molar-refractivity contribution in [2.75, 3.05) is 39.6 Å². The van der Waals surface area contributed by atoms with Gasteiger partial charge in [-0.3, -0.25) is 4.90 Å². The van der Waals surface area contributed by atoms with Crippen LogP contribution in [0.1, 0.15) is 12.8 Å². The summed E-state index contributed by atoms with van der Waals surface area (Å²) in [6.45, 7) is 3.74. The molecule has 0 spiro atoms. The maximum atomic E-state index is 4.28. The van der Waals surface area contributed by atoms with E-state index in [0.717, 1.165) is 11.8 Å². The Kier molecular flexibility index (Phi) is 4.40. The molecular formula is C9H20N2S. The molecule has 3 heteroatoms. The van der Waals surface area contributed by atoms with E-state index < -0.39 is 0 Å². The lowest BCUT2D eigenvalue weighted by Crippen LogP contribution is -2.21. The summed E-state index contributed by atoms with van der Waals surface area (Å²) < 4.78 is 0. The van der Waals surface area contributed by atoms with Crippen LogP contribution in [-0.4, -0.2) is 49.4 Å². The van der Waals surface area contributed by atoms with Crippen LogP contribution in [0.25, 0.3) is 0 Å². The molecule has 1 aliphatic rings. The normalized spacial score (nSPS) is 25.5. The highest BCUT2D eigenvalue weighted by atomic mass is 32.1. The second-order valence-electron chi connectivity index (χ2n) is 3.97. The Bertz CT molecular complexity index is 128. The minimum atomic E-state index is 0.916. The van der Waals surface area contributed by atoms with Crippen LogP contribution in [-0.2, 0) is 0 Å². The molecule has 12 heavy (non-hydrogen) atoms. The average molecular weight is 188 g/mol. The molecule has 1 heterocycles. The van der Waals surface area contributed by atoms with Crippen molar-refractivity contribution in [1.29, 1.82) is 0 Å². The smallest absolute Gasteiger partial charge is 0.0414 e. The SMILES string of the molecule is CN(C)CCC1CCN(CS)C1. The first-order chi connectivity index (χ1) is 5.72. The first-order valence-corrected chi connectivity index (χ1v) is 5.33. The van der Waals surface area contributed by atoms with E-state index in [9.17, 15) is 0 Å². The highest BCUT2D eigenvalue weighted by Crippen LogP contribution is 2.19. The molecule has 0 bridgehead atoms. The van der Waals surface area contributed by atoms with E-state index in [0.29, 0.717) is 0 Å². The van der Waals surface area contributed by atoms with Gasteiger partial charge in [0.15, 0.2) is 0 Å². The van der Waals surface area contributed by atoms with E-state index >= 15 is 0 Å². The quantitative estimate of drug-likeness (QED) is 0.661. The summed E-state index contributed by atoms with van der Waals surface area (Å²) in [7, 11) is 4.29. The Balaban J connectivity index is 2.11. The van der Waals surface area contributed by atoms with Crippen LogP contribution in [0.2, 0.25) is 0 Å². The maximum Gasteiger partial charge on any atom is 0.0414 e. The van der Waals surface area contributed by atoms with Crippen molar-refractivity contribution >= 4 is 12.6 Å². The Labute approximate surface area is 81.3 Å². The zero-order chi connectivity index (χ0) is 8.97. The molecule has 0 aromatic carbocycles. The van der Waals surface area contributed by atoms with E-state index in [4.69, 9.17) is 0 Å². The Morgan fingerprint density at radius 1 is 1.50 bits per heavy atom. The third-order valence-electron chi connectivity index (χ3n) is 2.55. The summed E-state index contributed by atoms with van der Waals surface area (Å²) in [6, 6.07) is 0. The summed E-state index contributed by atoms with van der Waals surface area (Å²) >= 11 is 4.28. The molecule has 0 aliphatic carbocycles. The Morgan fingerprint density at radius 2 is 2.25 bits per heavy atom. The third-order valence-corrected chi connectivity index (χ3v) is 2.95. The van der Waals surface area contributed by atoms with Gasteiger partial charge >= 0.3 is 0 Å². The van der Waals surface area contributed by atoms with Gasteiger partial charge < -0.3 is 4.90 Å². The summed E-state index contributed by atoms with van der Waals surface area (Å²) in [5, 5.41) is 0. The second-order valence-corrected chi connectivity index (χ2v) is 4.25. The minimum absolute atomic E-state index is 0.916. The van der Waals surface area contributed by atoms with E-state index in [1.165, 1.54) is 32.5 Å². The van der Waals surface area contributed by atoms with Crippen molar-refractivity contribution in [3.63, 3.8) is 0 Å². The fourth-order valence-corrected chi connectivity index (χ4v) is 1.97. The summed E-state index contributed by atoms with van der Waals surface area (Å²) in [4.78, 5) is 4.69. The van der Waals surface area contributed by atoms with Gasteiger partial charge in [-0.05, 0) is 45.9 Å². The van der Waals surface area contributed by atoms with E-state index in [1.807, 2.05) is 0 Å². The first kappa shape index (κ1) is 10.4. The van der Waals surface area contributed by atoms with Gasteiger partial charge in [0, 0.05) is 12.4 Å². The van der Waals surface area contributed by atoms with Crippen molar-refractivity contribution in [2.45, 2.75) is 12.8 Å². The van der Waals surface area contributed by atoms with Crippen LogP contribution in [0, 0.1) is 5.92 Å². The molecule has 1 fully saturated rings. The summed E-state index contributed by atoms with van der Waals surface area (Å²) in [5.74, 6) is 1.85. The van der Waals surface area contributed by atoms with Crippen molar-refractivity contribution in [1.82, 2.24) is 9.80 Å². The lowest BCUT2D eigenvalue weighted by molar-refractivity contribution is 0.334. The topological polar surface area (TPSA) is 6.48 Å². The molecule has 1 saturated heterocycles. The molecule has 1 atom stereocenters. The number of likely N-dealkylation sites (tertiary alicyclic amines) is 1. The number of hydrogen-bond donors (Lipinski definition) is 1. The van der Waals surface area contributed by atoms with E-state index in [1.54, 1.807) is 0 Å². The van der Waals surface area contributed by atoms with E-state index in [2.05, 4.69) is 36.5 Å². The highest BCUT2D eigenvalue weighted by Gasteiger charge is 2.20. The number of thiol groups is 1. The van der Waals surface area contributed by atoms with Crippen LogP contribution in [0.5, 0.6) is 0 Å². The fourth-order valence-electron chi connectivity index (χ4n) is 1.72. The zero-order valence-corrected chi connectivity index (χ0v) is 9.06. The fraction of sp³-hybridized carbons (Fsp3) is 1.00. The molecular weight excluding hydrogens is 168 g/mol. The van der Waals surface area contributed by atoms with Crippen LogP contribution in [0.15, 0.2) is 0 Å². The zero-order valence-electron chi connectivity index (χ0n) is 8.16. The highest BCUT2D eigenvalue weighted by molar-refractivity contribution is 7.80. The molecule has 0 saturated carbocycles. The van der Waals surface area contributed by atoms with Gasteiger partial charge in [0.2, 0.25) is 0 Å². The van der Waals surface area contributed by atoms with Crippen LogP contribution in [0.3, 0.4) is 0 Å². The molecule has 0 radical (unpaired) electrons. The van der Waals surface area contributed by atoms with Crippen molar-refractivity contribution < 1.29 is 0 Å². The van der Waals surface area contributed by atoms with Gasteiger partial charge in [-0.25, -0.2) is 0 Å². The number of nitrogens with zero attached hydrogens (tertiary/aromatic N) is 2. The van der Waals surface area contributed by atoms with Gasteiger partial charge in [0.1, 0.15) is 0 Å². The van der Waals surface area contributed by atoms with Crippen LogP contribution in [0.4, 0.5) is 0 Å². The molecule has 1 rings (SSSR count). The molecule has 1 aliphatic heterocycles. The molecule has 72 valence electrons. The van der Waals surface area contributed by atoms with Gasteiger partial charge in [-0.1, -0.05) is 0 Å². The Hall–Kier alpha value is 0.270. The molecule has 2 nitrogen and oxygen atoms in total. The van der Waals surface area contributed by atoms with Gasteiger partial charge in [0.25, 0.3) is 0 Å². The lowest BCUT2D eigenvalue weighted by atomic mass is 10.1. The first-order valence-electron chi connectivity index (χ1n) is 4.70. The van der Waals surface area contributed by atoms with Gasteiger partial charge in [0.05, 0.1) is 0 Å². The third kappa shape index (κ3) is 3.33. The monoisotopic (exact) mass is 188 g/mol. The molecule has 0 aromatic heterocycles. The van der Waals surface area contributed by atoms with Crippen LogP contribution >= 0.6 is 12.6 Å². The summed E-state index contributed by atoms with van der Waals surface area (Å²) in [5.41, 5.74) is 0. The maximum absolute atomic E-state index is 4.28. The predicted molar refractivity (Wildman–Crippen MR) is 56.7 cm³/mol. The molecule has 0 amide bonds. The Morgan fingerprint density at radius 3 is 2.75 bits per heavy atom. The average Bonchev–Trinajstić information content (AvgIpc) is 2.48. The lowest BCUT2D eigenvalue weighted by Gasteiger charge is -2.15. The van der Waals surface area contributed by atoms with Crippen molar-refractivity contribution in [3.05, 3.63) is 0 Å². The minimum Gasteiger partial charge on any atom is -0.309 e. The largest absolute Gasteiger partial charge is 0.309 e. The van der Waals surface area contributed by atoms with Crippen LogP contribution < -0.4 is 0 Å². The molecule has 0 aromatic rings. The standard InChI is InChI=1S/C9H20N2S/c1-10(2)5-3-9-4-6-11(7-9)8-12/h9,12H,3-8H2,1-2H3. The van der Waals surface area contributed by atoms with E-state index in [-0.39, 0.29) is 0 Å². The van der Waals surface area contributed by atoms with Crippen molar-refractivity contribution in [2.24, 2.45) is 5.92 Å². The number of hydrogen-bond acceptors (Lipinski definition) is 3. The second kappa shape index (κ2) is 5.10. The predicted octanol–water partition coefficient (Wildman–Crippen LogP) is 1.15. The molecule has 1 unspecified atom stereocenters.